The van der Waals surface area contributed by atoms with Crippen molar-refractivity contribution in [3.63, 3.8) is 0 Å². The first-order valence-corrected chi connectivity index (χ1v) is 41.6. The summed E-state index contributed by atoms with van der Waals surface area (Å²) in [6, 6.07) is -0.626. The number of esters is 1. The summed E-state index contributed by atoms with van der Waals surface area (Å²) in [5.74, 6) is -0.0363. The molecule has 0 heterocycles. The van der Waals surface area contributed by atoms with Gasteiger partial charge in [0.1, 0.15) is 0 Å². The van der Waals surface area contributed by atoms with Gasteiger partial charge in [0, 0.05) is 12.8 Å². The Kier molecular flexibility index (Phi) is 78.3. The second-order valence-corrected chi connectivity index (χ2v) is 28.8. The van der Waals surface area contributed by atoms with Crippen LogP contribution in [0.25, 0.3) is 0 Å². The number of rotatable bonds is 79. The highest BCUT2D eigenvalue weighted by atomic mass is 16.5. The lowest BCUT2D eigenvalue weighted by molar-refractivity contribution is -0.143. The van der Waals surface area contributed by atoms with Crippen molar-refractivity contribution in [2.45, 2.75) is 488 Å². The van der Waals surface area contributed by atoms with Crippen LogP contribution in [0.5, 0.6) is 0 Å². The van der Waals surface area contributed by atoms with Gasteiger partial charge in [-0.05, 0) is 57.8 Å². The number of unbranched alkanes of at least 4 members (excludes halogenated alkanes) is 66. The highest BCUT2D eigenvalue weighted by Gasteiger charge is 2.18. The molecular formula is C84H163NO5. The van der Waals surface area contributed by atoms with Crippen LogP contribution in [0.4, 0.5) is 0 Å². The van der Waals surface area contributed by atoms with E-state index < -0.39 is 12.1 Å². The predicted octanol–water partition coefficient (Wildman–Crippen LogP) is 27.6. The standard InChI is InChI=1S/C84H163NO5/c1-3-5-7-9-11-13-15-16-17-18-19-20-21-35-38-41-44-47-50-53-57-60-64-68-72-76-82(87)81(80-86)85-83(88)77-73-69-65-61-58-54-51-48-45-42-39-36-33-31-29-27-25-23-22-24-26-28-30-32-34-37-40-43-46-49-52-55-59-63-67-71-75-79-90-84(89)78-74-70-66-62-56-14-12-10-8-6-4-2/h22,24,72,76,81-82,86-87H,3-21,23,25-71,73-75,77-80H2,1-2H3,(H,85,88)/b24-22-,76-72+. The van der Waals surface area contributed by atoms with Gasteiger partial charge in [0.25, 0.3) is 0 Å². The van der Waals surface area contributed by atoms with Crippen LogP contribution < -0.4 is 5.32 Å². The van der Waals surface area contributed by atoms with Crippen molar-refractivity contribution in [3.8, 4) is 0 Å². The first kappa shape index (κ1) is 88.3. The van der Waals surface area contributed by atoms with Crippen molar-refractivity contribution < 1.29 is 24.5 Å². The third-order valence-electron chi connectivity index (χ3n) is 19.7. The maximum atomic E-state index is 12.6. The van der Waals surface area contributed by atoms with Crippen LogP contribution in [0.2, 0.25) is 0 Å². The van der Waals surface area contributed by atoms with E-state index in [9.17, 15) is 19.8 Å². The van der Waals surface area contributed by atoms with E-state index in [0.717, 1.165) is 38.5 Å². The van der Waals surface area contributed by atoms with E-state index in [4.69, 9.17) is 4.74 Å². The van der Waals surface area contributed by atoms with E-state index >= 15 is 0 Å². The van der Waals surface area contributed by atoms with Gasteiger partial charge in [0.05, 0.1) is 25.4 Å². The summed E-state index contributed by atoms with van der Waals surface area (Å²) in [4.78, 5) is 24.6. The topological polar surface area (TPSA) is 95.9 Å². The molecule has 2 unspecified atom stereocenters. The molecule has 0 aliphatic carbocycles. The molecule has 0 spiro atoms. The molecule has 0 radical (unpaired) electrons. The second-order valence-electron chi connectivity index (χ2n) is 28.8. The molecule has 534 valence electrons. The summed E-state index contributed by atoms with van der Waals surface area (Å²) in [6.45, 7) is 4.96. The number of hydrogen-bond acceptors (Lipinski definition) is 5. The number of nitrogens with one attached hydrogen (secondary N) is 1. The molecular weight excluding hydrogens is 1100 g/mol. The molecule has 0 aromatic rings. The van der Waals surface area contributed by atoms with Crippen molar-refractivity contribution in [2.24, 2.45) is 0 Å². The van der Waals surface area contributed by atoms with Crippen molar-refractivity contribution in [3.05, 3.63) is 24.3 Å². The lowest BCUT2D eigenvalue weighted by Crippen LogP contribution is -2.45. The molecule has 0 saturated carbocycles. The number of carbonyl (C=O) groups is 2. The SMILES string of the molecule is CCCCCCCCCCCCCCCCCCCCCCCCC/C=C/C(O)C(CO)NC(=O)CCCCCCCCCCCCCCCCCCC/C=C\CCCCCCCCCCCCCCCCCCOC(=O)CCCCCCCCCCCCC. The highest BCUT2D eigenvalue weighted by molar-refractivity contribution is 5.76. The summed E-state index contributed by atoms with van der Waals surface area (Å²) < 4.78 is 5.48. The van der Waals surface area contributed by atoms with Gasteiger partial charge in [-0.25, -0.2) is 0 Å². The first-order chi connectivity index (χ1) is 44.5. The predicted molar refractivity (Wildman–Crippen MR) is 398 cm³/mol. The number of allylic oxidation sites excluding steroid dienone is 3. The maximum Gasteiger partial charge on any atom is 0.305 e. The van der Waals surface area contributed by atoms with E-state index in [0.29, 0.717) is 19.4 Å². The smallest absolute Gasteiger partial charge is 0.305 e. The van der Waals surface area contributed by atoms with Crippen LogP contribution >= 0.6 is 0 Å². The van der Waals surface area contributed by atoms with Crippen molar-refractivity contribution in [2.75, 3.05) is 13.2 Å². The van der Waals surface area contributed by atoms with Crippen LogP contribution in [0.3, 0.4) is 0 Å². The van der Waals surface area contributed by atoms with Crippen LogP contribution in [0.1, 0.15) is 476 Å². The van der Waals surface area contributed by atoms with Gasteiger partial charge < -0.3 is 20.3 Å². The zero-order valence-electron chi connectivity index (χ0n) is 61.4. The van der Waals surface area contributed by atoms with Gasteiger partial charge in [0.15, 0.2) is 0 Å². The third kappa shape index (κ3) is 75.4. The van der Waals surface area contributed by atoms with E-state index in [-0.39, 0.29) is 18.5 Å². The lowest BCUT2D eigenvalue weighted by Gasteiger charge is -2.20. The third-order valence-corrected chi connectivity index (χ3v) is 19.7. The van der Waals surface area contributed by atoms with Crippen LogP contribution in [-0.4, -0.2) is 47.4 Å². The summed E-state index contributed by atoms with van der Waals surface area (Å²) in [6.07, 6.45) is 103. The Morgan fingerprint density at radius 1 is 0.300 bits per heavy atom. The Morgan fingerprint density at radius 2 is 0.522 bits per heavy atom. The molecule has 3 N–H and O–H groups in total. The van der Waals surface area contributed by atoms with Gasteiger partial charge in [-0.3, -0.25) is 9.59 Å². The van der Waals surface area contributed by atoms with Gasteiger partial charge in [-0.2, -0.15) is 0 Å². The van der Waals surface area contributed by atoms with Crippen LogP contribution in [0, 0.1) is 0 Å². The molecule has 0 aliphatic heterocycles. The Morgan fingerprint density at radius 3 is 0.789 bits per heavy atom. The fraction of sp³-hybridized carbons (Fsp3) is 0.929. The number of amides is 1. The van der Waals surface area contributed by atoms with Gasteiger partial charge in [0.2, 0.25) is 5.91 Å². The molecule has 1 amide bonds. The Balaban J connectivity index is 3.36. The quantitative estimate of drug-likeness (QED) is 0.0320. The molecule has 0 bridgehead atoms. The normalized spacial score (nSPS) is 12.5. The fourth-order valence-electron chi connectivity index (χ4n) is 13.4. The summed E-state index contributed by atoms with van der Waals surface area (Å²) in [7, 11) is 0. The largest absolute Gasteiger partial charge is 0.466 e. The Labute approximate surface area is 564 Å². The Bertz CT molecular complexity index is 1410. The molecule has 0 aliphatic rings. The number of aliphatic hydroxyl groups is 2. The minimum absolute atomic E-state index is 0.0219. The van der Waals surface area contributed by atoms with Crippen molar-refractivity contribution in [1.29, 1.82) is 0 Å². The molecule has 2 atom stereocenters. The minimum Gasteiger partial charge on any atom is -0.466 e. The molecule has 90 heavy (non-hydrogen) atoms. The molecule has 0 saturated heterocycles. The second kappa shape index (κ2) is 79.8. The van der Waals surface area contributed by atoms with Gasteiger partial charge in [-0.15, -0.1) is 0 Å². The van der Waals surface area contributed by atoms with E-state index in [2.05, 4.69) is 31.3 Å². The lowest BCUT2D eigenvalue weighted by atomic mass is 10.0. The van der Waals surface area contributed by atoms with Crippen LogP contribution in [0.15, 0.2) is 24.3 Å². The zero-order valence-corrected chi connectivity index (χ0v) is 61.4. The van der Waals surface area contributed by atoms with Gasteiger partial charge in [-0.1, -0.05) is 430 Å². The average Bonchev–Trinajstić information content (AvgIpc) is 3.62. The number of hydrogen-bond donors (Lipinski definition) is 3. The average molecular weight is 1270 g/mol. The van der Waals surface area contributed by atoms with Crippen LogP contribution in [-0.2, 0) is 14.3 Å². The van der Waals surface area contributed by atoms with E-state index in [1.54, 1.807) is 6.08 Å². The summed E-state index contributed by atoms with van der Waals surface area (Å²) in [5.41, 5.74) is 0. The van der Waals surface area contributed by atoms with E-state index in [1.165, 1.54) is 411 Å². The Hall–Kier alpha value is -1.66. The fourth-order valence-corrected chi connectivity index (χ4v) is 13.4. The molecule has 0 aromatic carbocycles. The number of carbonyl (C=O) groups excluding carboxylic acids is 2. The number of ether oxygens (including phenoxy) is 1. The van der Waals surface area contributed by atoms with E-state index in [1.807, 2.05) is 6.08 Å². The summed E-state index contributed by atoms with van der Waals surface area (Å²) >= 11 is 0. The monoisotopic (exact) mass is 1270 g/mol. The minimum atomic E-state index is -0.843. The van der Waals surface area contributed by atoms with Gasteiger partial charge >= 0.3 is 5.97 Å². The highest BCUT2D eigenvalue weighted by Crippen LogP contribution is 2.20. The maximum absolute atomic E-state index is 12.6. The van der Waals surface area contributed by atoms with Crippen molar-refractivity contribution >= 4 is 11.9 Å². The molecule has 6 heteroatoms. The number of aliphatic hydroxyl groups excluding tert-OH is 2. The molecule has 0 aromatic heterocycles. The first-order valence-electron chi connectivity index (χ1n) is 41.6. The van der Waals surface area contributed by atoms with Crippen molar-refractivity contribution in [1.82, 2.24) is 5.32 Å². The molecule has 6 nitrogen and oxygen atoms in total. The zero-order chi connectivity index (χ0) is 64.9. The summed E-state index contributed by atoms with van der Waals surface area (Å²) in [5, 5.41) is 23.3. The molecule has 0 rings (SSSR count). The molecule has 0 fully saturated rings.